The maximum absolute atomic E-state index is 8.03. The van der Waals surface area contributed by atoms with Crippen molar-refractivity contribution in [2.45, 2.75) is 19.3 Å². The Labute approximate surface area is 49.7 Å². The van der Waals surface area contributed by atoms with Gasteiger partial charge in [0.25, 0.3) is 0 Å². The van der Waals surface area contributed by atoms with Crippen LogP contribution in [-0.4, -0.2) is 0 Å². The van der Waals surface area contributed by atoms with Crippen molar-refractivity contribution in [1.29, 1.82) is 5.26 Å². The molecule has 0 aromatic carbocycles. The number of hydrogen-bond acceptors (Lipinski definition) is 1. The fourth-order valence-electron chi connectivity index (χ4n) is 0.451. The Morgan fingerprint density at radius 1 is 1.57 bits per heavy atom. The highest BCUT2D eigenvalue weighted by Crippen LogP contribution is 2.31. The van der Waals surface area contributed by atoms with Crippen molar-refractivity contribution in [2.75, 3.05) is 0 Å². The molecule has 0 heterocycles. The summed E-state index contributed by atoms with van der Waals surface area (Å²) in [6.45, 7) is 0. The van der Waals surface area contributed by atoms with Crippen molar-refractivity contribution in [2.24, 2.45) is 5.92 Å². The maximum atomic E-state index is 8.03. The third-order valence-electron chi connectivity index (χ3n) is 1.08. The summed E-state index contributed by atoms with van der Waals surface area (Å²) in [5, 5.41) is 8.03. The normalized spacial score (nSPS) is 17.0. The third-order valence-corrected chi connectivity index (χ3v) is 1.08. The standard InChI is InChI=1S/C5H7N.ClH/c6-4-3-5-1-2-5;/h5H,1-3H2;1H. The van der Waals surface area contributed by atoms with Gasteiger partial charge >= 0.3 is 0 Å². The van der Waals surface area contributed by atoms with Crippen molar-refractivity contribution < 1.29 is 0 Å². The monoisotopic (exact) mass is 117 g/mol. The summed E-state index contributed by atoms with van der Waals surface area (Å²) >= 11 is 0. The van der Waals surface area contributed by atoms with Crippen molar-refractivity contribution >= 4 is 12.4 Å². The van der Waals surface area contributed by atoms with Crippen molar-refractivity contribution in [3.63, 3.8) is 0 Å². The van der Waals surface area contributed by atoms with Gasteiger partial charge in [-0.3, -0.25) is 0 Å². The molecule has 0 aromatic heterocycles. The Hall–Kier alpha value is -0.220. The molecular weight excluding hydrogens is 110 g/mol. The fraction of sp³-hybridized carbons (Fsp3) is 0.800. The van der Waals surface area contributed by atoms with Crippen LogP contribution in [0.4, 0.5) is 0 Å². The Kier molecular flexibility index (Phi) is 2.78. The highest BCUT2D eigenvalue weighted by atomic mass is 35.5. The minimum Gasteiger partial charge on any atom is -0.198 e. The van der Waals surface area contributed by atoms with Gasteiger partial charge in [-0.25, -0.2) is 0 Å². The Morgan fingerprint density at radius 3 is 2.29 bits per heavy atom. The molecule has 0 N–H and O–H groups in total. The van der Waals surface area contributed by atoms with Gasteiger partial charge in [-0.2, -0.15) is 5.26 Å². The van der Waals surface area contributed by atoms with Crippen LogP contribution in [0.15, 0.2) is 0 Å². The molecule has 0 amide bonds. The second-order valence-corrected chi connectivity index (χ2v) is 1.81. The summed E-state index contributed by atoms with van der Waals surface area (Å²) < 4.78 is 0. The van der Waals surface area contributed by atoms with E-state index >= 15 is 0 Å². The predicted octanol–water partition coefficient (Wildman–Crippen LogP) is 1.73. The van der Waals surface area contributed by atoms with E-state index in [1.54, 1.807) is 0 Å². The average molecular weight is 118 g/mol. The SMILES string of the molecule is Cl.N#CCC1CC1. The molecule has 0 saturated heterocycles. The first-order valence-electron chi connectivity index (χ1n) is 2.30. The van der Waals surface area contributed by atoms with E-state index in [2.05, 4.69) is 6.07 Å². The van der Waals surface area contributed by atoms with Gasteiger partial charge in [0, 0.05) is 6.42 Å². The lowest BCUT2D eigenvalue weighted by atomic mass is 10.3. The molecule has 0 aromatic rings. The topological polar surface area (TPSA) is 23.8 Å². The van der Waals surface area contributed by atoms with E-state index in [1.807, 2.05) is 0 Å². The molecule has 1 aliphatic carbocycles. The van der Waals surface area contributed by atoms with Gasteiger partial charge in [0.05, 0.1) is 6.07 Å². The lowest BCUT2D eigenvalue weighted by Gasteiger charge is -1.70. The average Bonchev–Trinajstić information content (AvgIpc) is 2.21. The molecule has 0 atom stereocenters. The van der Waals surface area contributed by atoms with E-state index in [0.29, 0.717) is 0 Å². The van der Waals surface area contributed by atoms with Crippen LogP contribution in [0.25, 0.3) is 0 Å². The minimum absolute atomic E-state index is 0. The molecule has 0 aliphatic heterocycles. The van der Waals surface area contributed by atoms with Crippen LogP contribution in [0, 0.1) is 17.2 Å². The molecule has 1 aliphatic rings. The third kappa shape index (κ3) is 2.47. The smallest absolute Gasteiger partial charge is 0.0624 e. The molecule has 0 radical (unpaired) electrons. The van der Waals surface area contributed by atoms with E-state index in [1.165, 1.54) is 12.8 Å². The number of nitriles is 1. The van der Waals surface area contributed by atoms with E-state index in [4.69, 9.17) is 5.26 Å². The van der Waals surface area contributed by atoms with Crippen LogP contribution in [0.5, 0.6) is 0 Å². The molecule has 1 saturated carbocycles. The molecule has 1 rings (SSSR count). The zero-order chi connectivity index (χ0) is 4.41. The zero-order valence-electron chi connectivity index (χ0n) is 4.05. The van der Waals surface area contributed by atoms with Crippen molar-refractivity contribution in [1.82, 2.24) is 0 Å². The summed E-state index contributed by atoms with van der Waals surface area (Å²) in [5.74, 6) is 0.787. The Morgan fingerprint density at radius 2 is 2.14 bits per heavy atom. The van der Waals surface area contributed by atoms with Crippen LogP contribution in [-0.2, 0) is 0 Å². The largest absolute Gasteiger partial charge is 0.198 e. The molecule has 0 spiro atoms. The van der Waals surface area contributed by atoms with Crippen LogP contribution in [0.3, 0.4) is 0 Å². The van der Waals surface area contributed by atoms with Gasteiger partial charge in [0.1, 0.15) is 0 Å². The van der Waals surface area contributed by atoms with Crippen LogP contribution in [0.2, 0.25) is 0 Å². The summed E-state index contributed by atoms with van der Waals surface area (Å²) in [6, 6.07) is 2.13. The van der Waals surface area contributed by atoms with Crippen molar-refractivity contribution in [3.8, 4) is 6.07 Å². The Bertz CT molecular complexity index is 80.6. The molecule has 1 nitrogen and oxygen atoms in total. The molecule has 1 fully saturated rings. The predicted molar refractivity (Wildman–Crippen MR) is 30.2 cm³/mol. The summed E-state index contributed by atoms with van der Waals surface area (Å²) in [6.07, 6.45) is 3.39. The first-order valence-corrected chi connectivity index (χ1v) is 2.30. The summed E-state index contributed by atoms with van der Waals surface area (Å²) in [7, 11) is 0. The zero-order valence-corrected chi connectivity index (χ0v) is 4.87. The number of nitrogens with zero attached hydrogens (tertiary/aromatic N) is 1. The first-order chi connectivity index (χ1) is 2.93. The van der Waals surface area contributed by atoms with Crippen molar-refractivity contribution in [3.05, 3.63) is 0 Å². The Balaban J connectivity index is 0.000000360. The molecule has 0 unspecified atom stereocenters. The molecule has 7 heavy (non-hydrogen) atoms. The maximum Gasteiger partial charge on any atom is 0.0624 e. The lowest BCUT2D eigenvalue weighted by Crippen LogP contribution is -1.64. The lowest BCUT2D eigenvalue weighted by molar-refractivity contribution is 0.873. The first kappa shape index (κ1) is 6.78. The van der Waals surface area contributed by atoms with E-state index in [9.17, 15) is 0 Å². The highest BCUT2D eigenvalue weighted by Gasteiger charge is 2.19. The summed E-state index contributed by atoms with van der Waals surface area (Å²) in [5.41, 5.74) is 0. The van der Waals surface area contributed by atoms with Gasteiger partial charge in [0.15, 0.2) is 0 Å². The second-order valence-electron chi connectivity index (χ2n) is 1.81. The van der Waals surface area contributed by atoms with E-state index in [-0.39, 0.29) is 12.4 Å². The van der Waals surface area contributed by atoms with Crippen LogP contribution < -0.4 is 0 Å². The minimum atomic E-state index is 0. The highest BCUT2D eigenvalue weighted by molar-refractivity contribution is 5.85. The van der Waals surface area contributed by atoms with Gasteiger partial charge in [-0.15, -0.1) is 12.4 Å². The van der Waals surface area contributed by atoms with Gasteiger partial charge in [-0.1, -0.05) is 0 Å². The fourth-order valence-corrected chi connectivity index (χ4v) is 0.451. The van der Waals surface area contributed by atoms with Crippen LogP contribution >= 0.6 is 12.4 Å². The number of halogens is 1. The molecular formula is C5H8ClN. The molecule has 2 heteroatoms. The number of rotatable bonds is 1. The quantitative estimate of drug-likeness (QED) is 0.513. The van der Waals surface area contributed by atoms with Crippen LogP contribution in [0.1, 0.15) is 19.3 Å². The van der Waals surface area contributed by atoms with Gasteiger partial charge in [-0.05, 0) is 18.8 Å². The number of hydrogen-bond donors (Lipinski definition) is 0. The van der Waals surface area contributed by atoms with Gasteiger partial charge in [0.2, 0.25) is 0 Å². The molecule has 0 bridgehead atoms. The second kappa shape index (κ2) is 2.87. The van der Waals surface area contributed by atoms with E-state index < -0.39 is 0 Å². The molecule has 40 valence electrons. The van der Waals surface area contributed by atoms with Gasteiger partial charge < -0.3 is 0 Å². The van der Waals surface area contributed by atoms with E-state index in [0.717, 1.165) is 12.3 Å². The summed E-state index contributed by atoms with van der Waals surface area (Å²) in [4.78, 5) is 0.